The van der Waals surface area contributed by atoms with E-state index in [0.717, 1.165) is 0 Å². The molecule has 0 atom stereocenters. The van der Waals surface area contributed by atoms with Gasteiger partial charge in [-0.15, -0.1) is 0 Å². The van der Waals surface area contributed by atoms with Crippen molar-refractivity contribution in [2.24, 2.45) is 0 Å². The van der Waals surface area contributed by atoms with Crippen molar-refractivity contribution >= 4 is 10.0 Å². The van der Waals surface area contributed by atoms with Crippen molar-refractivity contribution in [1.82, 2.24) is 4.31 Å². The summed E-state index contributed by atoms with van der Waals surface area (Å²) in [4.78, 5) is 0.156. The zero-order valence-corrected chi connectivity index (χ0v) is 13.7. The van der Waals surface area contributed by atoms with Crippen LogP contribution in [0.5, 0.6) is 11.5 Å². The number of sulfonamides is 1. The van der Waals surface area contributed by atoms with E-state index >= 15 is 0 Å². The molecule has 0 aliphatic heterocycles. The molecule has 0 saturated heterocycles. The van der Waals surface area contributed by atoms with Crippen LogP contribution >= 0.6 is 0 Å². The Balaban J connectivity index is 3.41. The van der Waals surface area contributed by atoms with Gasteiger partial charge < -0.3 is 9.47 Å². The maximum absolute atomic E-state index is 12.8. The fourth-order valence-electron chi connectivity index (χ4n) is 2.25. The van der Waals surface area contributed by atoms with Crippen molar-refractivity contribution in [2.45, 2.75) is 44.7 Å². The number of ether oxygens (including phenoxy) is 2. The van der Waals surface area contributed by atoms with Gasteiger partial charge in [0, 0.05) is 18.2 Å². The van der Waals surface area contributed by atoms with Crippen LogP contribution in [0.1, 0.15) is 27.7 Å². The van der Waals surface area contributed by atoms with Crippen molar-refractivity contribution in [3.63, 3.8) is 0 Å². The number of hydrogen-bond acceptors (Lipinski definition) is 4. The lowest BCUT2D eigenvalue weighted by molar-refractivity contribution is 0.300. The molecule has 114 valence electrons. The van der Waals surface area contributed by atoms with Crippen molar-refractivity contribution in [2.75, 3.05) is 14.2 Å². The molecular formula is C14H23NO4S. The lowest BCUT2D eigenvalue weighted by atomic mass is 10.3. The van der Waals surface area contributed by atoms with Gasteiger partial charge in [-0.2, -0.15) is 4.31 Å². The summed E-state index contributed by atoms with van der Waals surface area (Å²) >= 11 is 0. The highest BCUT2D eigenvalue weighted by Crippen LogP contribution is 2.32. The van der Waals surface area contributed by atoms with E-state index in [1.807, 2.05) is 27.7 Å². The van der Waals surface area contributed by atoms with Gasteiger partial charge in [0.2, 0.25) is 10.0 Å². The lowest BCUT2D eigenvalue weighted by Crippen LogP contribution is -2.42. The molecule has 0 fully saturated rings. The van der Waals surface area contributed by atoms with E-state index in [1.54, 1.807) is 12.1 Å². The largest absolute Gasteiger partial charge is 0.497 e. The SMILES string of the molecule is COc1ccc(S(=O)(=O)N(C(C)C)C(C)C)c(OC)c1. The van der Waals surface area contributed by atoms with Crippen molar-refractivity contribution < 1.29 is 17.9 Å². The topological polar surface area (TPSA) is 55.8 Å². The van der Waals surface area contributed by atoms with Gasteiger partial charge in [0.1, 0.15) is 16.4 Å². The summed E-state index contributed by atoms with van der Waals surface area (Å²) < 4.78 is 37.4. The molecule has 0 unspecified atom stereocenters. The van der Waals surface area contributed by atoms with E-state index in [0.29, 0.717) is 5.75 Å². The summed E-state index contributed by atoms with van der Waals surface area (Å²) in [7, 11) is -0.642. The molecule has 1 aromatic rings. The van der Waals surface area contributed by atoms with Crippen LogP contribution in [0.15, 0.2) is 23.1 Å². The maximum atomic E-state index is 12.8. The molecule has 20 heavy (non-hydrogen) atoms. The molecule has 1 rings (SSSR count). The van der Waals surface area contributed by atoms with Gasteiger partial charge in [-0.1, -0.05) is 0 Å². The first-order valence-corrected chi connectivity index (χ1v) is 7.95. The zero-order chi connectivity index (χ0) is 15.5. The molecule has 0 N–H and O–H groups in total. The molecule has 6 heteroatoms. The van der Waals surface area contributed by atoms with Gasteiger partial charge in [-0.3, -0.25) is 0 Å². The van der Waals surface area contributed by atoms with Crippen LogP contribution in [0.4, 0.5) is 0 Å². The number of methoxy groups -OCH3 is 2. The number of benzene rings is 1. The fraction of sp³-hybridized carbons (Fsp3) is 0.571. The van der Waals surface area contributed by atoms with Gasteiger partial charge in [0.15, 0.2) is 0 Å². The van der Waals surface area contributed by atoms with Crippen LogP contribution in [0, 0.1) is 0 Å². The van der Waals surface area contributed by atoms with Gasteiger partial charge in [-0.25, -0.2) is 8.42 Å². The quantitative estimate of drug-likeness (QED) is 0.810. The monoisotopic (exact) mass is 301 g/mol. The molecule has 0 saturated carbocycles. The van der Waals surface area contributed by atoms with Crippen LogP contribution in [-0.2, 0) is 10.0 Å². The van der Waals surface area contributed by atoms with Crippen molar-refractivity contribution in [3.8, 4) is 11.5 Å². The summed E-state index contributed by atoms with van der Waals surface area (Å²) in [6.45, 7) is 7.42. The first-order valence-electron chi connectivity index (χ1n) is 6.51. The Morgan fingerprint density at radius 3 is 1.95 bits per heavy atom. The third-order valence-electron chi connectivity index (χ3n) is 2.94. The third-order valence-corrected chi connectivity index (χ3v) is 5.24. The average molecular weight is 301 g/mol. The minimum atomic E-state index is -3.61. The Morgan fingerprint density at radius 1 is 1.00 bits per heavy atom. The maximum Gasteiger partial charge on any atom is 0.247 e. The van der Waals surface area contributed by atoms with E-state index in [1.165, 1.54) is 24.6 Å². The molecule has 0 aromatic heterocycles. The van der Waals surface area contributed by atoms with Crippen LogP contribution in [0.2, 0.25) is 0 Å². The molecular weight excluding hydrogens is 278 g/mol. The van der Waals surface area contributed by atoms with Gasteiger partial charge in [-0.05, 0) is 39.8 Å². The first-order chi connectivity index (χ1) is 9.25. The average Bonchev–Trinajstić information content (AvgIpc) is 2.36. The van der Waals surface area contributed by atoms with Crippen LogP contribution in [0.25, 0.3) is 0 Å². The molecule has 0 spiro atoms. The molecule has 0 heterocycles. The second kappa shape index (κ2) is 6.45. The minimum absolute atomic E-state index is 0.133. The number of nitrogens with zero attached hydrogens (tertiary/aromatic N) is 1. The highest BCUT2D eigenvalue weighted by Gasteiger charge is 2.32. The Hall–Kier alpha value is -1.27. The van der Waals surface area contributed by atoms with E-state index in [9.17, 15) is 8.42 Å². The predicted molar refractivity (Wildman–Crippen MR) is 78.8 cm³/mol. The van der Waals surface area contributed by atoms with Crippen LogP contribution in [0.3, 0.4) is 0 Å². The molecule has 0 radical (unpaired) electrons. The molecule has 1 aromatic carbocycles. The Labute approximate surface area is 121 Å². The minimum Gasteiger partial charge on any atom is -0.497 e. The Kier molecular flexibility index (Phi) is 5.42. The zero-order valence-electron chi connectivity index (χ0n) is 12.9. The molecule has 5 nitrogen and oxygen atoms in total. The number of hydrogen-bond donors (Lipinski definition) is 0. The molecule has 0 aliphatic rings. The Bertz CT molecular complexity index is 544. The first kappa shape index (κ1) is 16.8. The smallest absolute Gasteiger partial charge is 0.247 e. The highest BCUT2D eigenvalue weighted by molar-refractivity contribution is 7.89. The summed E-state index contributed by atoms with van der Waals surface area (Å²) in [5.74, 6) is 0.845. The molecule has 0 amide bonds. The van der Waals surface area contributed by atoms with Crippen LogP contribution in [-0.4, -0.2) is 39.0 Å². The van der Waals surface area contributed by atoms with E-state index in [-0.39, 0.29) is 22.7 Å². The standard InChI is InChI=1S/C14H23NO4S/c1-10(2)15(11(3)4)20(16,17)14-8-7-12(18-5)9-13(14)19-6/h7-11H,1-6H3. The number of rotatable bonds is 6. The van der Waals surface area contributed by atoms with Gasteiger partial charge in [0.05, 0.1) is 14.2 Å². The van der Waals surface area contributed by atoms with E-state index in [4.69, 9.17) is 9.47 Å². The highest BCUT2D eigenvalue weighted by atomic mass is 32.2. The second-order valence-electron chi connectivity index (χ2n) is 5.04. The molecule has 0 aliphatic carbocycles. The van der Waals surface area contributed by atoms with Gasteiger partial charge in [0.25, 0.3) is 0 Å². The van der Waals surface area contributed by atoms with Gasteiger partial charge >= 0.3 is 0 Å². The van der Waals surface area contributed by atoms with E-state index in [2.05, 4.69) is 0 Å². The van der Waals surface area contributed by atoms with E-state index < -0.39 is 10.0 Å². The van der Waals surface area contributed by atoms with Crippen LogP contribution < -0.4 is 9.47 Å². The lowest BCUT2D eigenvalue weighted by Gasteiger charge is -2.30. The predicted octanol–water partition coefficient (Wildman–Crippen LogP) is 2.51. The summed E-state index contributed by atoms with van der Waals surface area (Å²) in [5.41, 5.74) is 0. The van der Waals surface area contributed by atoms with Crippen molar-refractivity contribution in [1.29, 1.82) is 0 Å². The fourth-order valence-corrected chi connectivity index (χ4v) is 4.23. The summed E-state index contributed by atoms with van der Waals surface area (Å²) in [6, 6.07) is 4.45. The Morgan fingerprint density at radius 2 is 1.55 bits per heavy atom. The third kappa shape index (κ3) is 3.24. The summed E-state index contributed by atoms with van der Waals surface area (Å²) in [6.07, 6.45) is 0. The second-order valence-corrected chi connectivity index (χ2v) is 6.85. The van der Waals surface area contributed by atoms with Crippen molar-refractivity contribution in [3.05, 3.63) is 18.2 Å². The molecule has 0 bridgehead atoms. The summed E-state index contributed by atoms with van der Waals surface area (Å²) in [5, 5.41) is 0. The normalized spacial score (nSPS) is 12.2.